The predicted molar refractivity (Wildman–Crippen MR) is 64.3 cm³/mol. The van der Waals surface area contributed by atoms with Gasteiger partial charge in [-0.05, 0) is 23.8 Å². The minimum absolute atomic E-state index is 0.169. The van der Waals surface area contributed by atoms with Crippen LogP contribution in [-0.2, 0) is 4.79 Å². The molecule has 0 saturated heterocycles. The number of hydrogen-bond donors (Lipinski definition) is 1. The maximum absolute atomic E-state index is 11.0. The van der Waals surface area contributed by atoms with Crippen molar-refractivity contribution in [2.24, 2.45) is 0 Å². The zero-order chi connectivity index (χ0) is 11.7. The number of benzene rings is 1. The van der Waals surface area contributed by atoms with Crippen molar-refractivity contribution in [3.05, 3.63) is 35.9 Å². The third kappa shape index (κ3) is 6.44. The number of carbonyl (C=O) groups excluding carboxylic acids is 1. The molecule has 0 aliphatic carbocycles. The third-order valence-corrected chi connectivity index (χ3v) is 2.26. The molecule has 1 aromatic rings. The van der Waals surface area contributed by atoms with E-state index in [1.165, 1.54) is 3.69 Å². The summed E-state index contributed by atoms with van der Waals surface area (Å²) in [6.07, 6.45) is 4.06. The summed E-state index contributed by atoms with van der Waals surface area (Å²) in [6.45, 7) is 1.86. The van der Waals surface area contributed by atoms with Crippen molar-refractivity contribution in [1.29, 1.82) is 0 Å². The minimum atomic E-state index is 0.169. The van der Waals surface area contributed by atoms with Crippen LogP contribution in [0.2, 0.25) is 0 Å². The van der Waals surface area contributed by atoms with Crippen LogP contribution in [0.15, 0.2) is 30.3 Å². The van der Waals surface area contributed by atoms with E-state index in [9.17, 15) is 4.79 Å². The molecule has 0 amide bonds. The third-order valence-electron chi connectivity index (χ3n) is 1.79. The van der Waals surface area contributed by atoms with Gasteiger partial charge in [0.2, 0.25) is 0 Å². The summed E-state index contributed by atoms with van der Waals surface area (Å²) < 4.78 is 1.26. The summed E-state index contributed by atoms with van der Waals surface area (Å²) in [7, 11) is 1.00. The van der Waals surface area contributed by atoms with Gasteiger partial charge in [0.05, 0.1) is 0 Å². The lowest BCUT2D eigenvalue weighted by molar-refractivity contribution is -0.114. The van der Waals surface area contributed by atoms with Crippen molar-refractivity contribution in [1.82, 2.24) is 0 Å². The first-order chi connectivity index (χ1) is 7.22. The van der Waals surface area contributed by atoms with E-state index in [0.717, 1.165) is 12.7 Å². The van der Waals surface area contributed by atoms with Gasteiger partial charge in [-0.1, -0.05) is 13.0 Å². The van der Waals surface area contributed by atoms with Gasteiger partial charge in [-0.15, -0.1) is 0 Å². The van der Waals surface area contributed by atoms with Crippen molar-refractivity contribution >= 4 is 37.3 Å². The number of carbonyl (C=O) groups is 1. The van der Waals surface area contributed by atoms with Crippen molar-refractivity contribution in [2.45, 2.75) is 13.3 Å². The van der Waals surface area contributed by atoms with E-state index in [0.29, 0.717) is 6.42 Å². The second-order valence-electron chi connectivity index (χ2n) is 2.89. The van der Waals surface area contributed by atoms with E-state index in [4.69, 9.17) is 5.11 Å². The Morgan fingerprint density at radius 1 is 1.33 bits per heavy atom. The van der Waals surface area contributed by atoms with E-state index in [1.807, 2.05) is 46.8 Å². The Morgan fingerprint density at radius 3 is 2.33 bits per heavy atom. The standard InChI is InChI=1S/C11H11O.CH4O.Mg/c1-2-11(12)9-8-10-6-4-3-5-7-10;1-2;/h4-9H,2H2,1H3;2H,1H3;/q;;+2. The fourth-order valence-electron chi connectivity index (χ4n) is 0.936. The lowest BCUT2D eigenvalue weighted by Gasteiger charge is -1.88. The Morgan fingerprint density at radius 2 is 1.87 bits per heavy atom. The maximum atomic E-state index is 11.0. The molecular formula is C12H15MgO2+2. The second kappa shape index (κ2) is 8.65. The molecule has 0 saturated carbocycles. The second-order valence-corrected chi connectivity index (χ2v) is 3.71. The van der Waals surface area contributed by atoms with Gasteiger partial charge in [0.15, 0.2) is 5.78 Å². The molecule has 1 N–H and O–H groups in total. The highest BCUT2D eigenvalue weighted by molar-refractivity contribution is 6.32. The first kappa shape index (κ1) is 14.4. The molecule has 2 nitrogen and oxygen atoms in total. The van der Waals surface area contributed by atoms with E-state index in [1.54, 1.807) is 6.08 Å². The van der Waals surface area contributed by atoms with E-state index in [-0.39, 0.29) is 5.78 Å². The largest absolute Gasteiger partial charge is 1.47 e. The Labute approximate surface area is 103 Å². The molecule has 15 heavy (non-hydrogen) atoms. The van der Waals surface area contributed by atoms with Gasteiger partial charge in [-0.25, -0.2) is 0 Å². The molecule has 0 unspecified atom stereocenters. The molecule has 0 aliphatic rings. The van der Waals surface area contributed by atoms with E-state index < -0.39 is 0 Å². The Bertz CT molecular complexity index is 315. The molecule has 3 heteroatoms. The van der Waals surface area contributed by atoms with Gasteiger partial charge in [0.1, 0.15) is 0 Å². The summed E-state index contributed by atoms with van der Waals surface area (Å²) >= 11 is 1.85. The Kier molecular flexibility index (Phi) is 8.28. The smallest absolute Gasteiger partial charge is 0.400 e. The van der Waals surface area contributed by atoms with Crippen molar-refractivity contribution < 1.29 is 9.90 Å². The average Bonchev–Trinajstić information content (AvgIpc) is 2.30. The van der Waals surface area contributed by atoms with Crippen LogP contribution >= 0.6 is 0 Å². The Hall–Kier alpha value is -0.644. The first-order valence-corrected chi connectivity index (χ1v) is 5.50. The highest BCUT2D eigenvalue weighted by Gasteiger charge is 2.29. The quantitative estimate of drug-likeness (QED) is 0.605. The zero-order valence-corrected chi connectivity index (χ0v) is 10.6. The number of allylic oxidation sites excluding steroid dienone is 1. The molecule has 75 valence electrons. The summed E-state index contributed by atoms with van der Waals surface area (Å²) in [6, 6.07) is 8.13. The van der Waals surface area contributed by atoms with Crippen LogP contribution < -0.4 is 3.69 Å². The number of hydrogen-bond acceptors (Lipinski definition) is 2. The molecule has 1 rings (SSSR count). The van der Waals surface area contributed by atoms with Gasteiger partial charge in [-0.2, -0.15) is 0 Å². The summed E-state index contributed by atoms with van der Waals surface area (Å²) in [5.74, 6) is 0.169. The highest BCUT2D eigenvalue weighted by atomic mass is 24.4. The highest BCUT2D eigenvalue weighted by Crippen LogP contribution is 1.99. The van der Waals surface area contributed by atoms with Gasteiger partial charge in [-0.3, -0.25) is 4.79 Å². The van der Waals surface area contributed by atoms with Gasteiger partial charge < -0.3 is 5.11 Å². The molecule has 0 spiro atoms. The van der Waals surface area contributed by atoms with Crippen LogP contribution in [0.5, 0.6) is 0 Å². The minimum Gasteiger partial charge on any atom is -0.400 e. The number of rotatable bonds is 3. The lowest BCUT2D eigenvalue weighted by atomic mass is 10.2. The number of aliphatic hydroxyl groups is 1. The SMILES string of the molecule is CCC(=O)C=Cc1cc[c]([Mg+2])cc1.CO. The summed E-state index contributed by atoms with van der Waals surface area (Å²) in [5, 5.41) is 7.00. The van der Waals surface area contributed by atoms with Crippen LogP contribution in [0.1, 0.15) is 18.9 Å². The number of ketones is 1. The molecule has 0 bridgehead atoms. The Balaban J connectivity index is 0.000000921. The van der Waals surface area contributed by atoms with E-state index in [2.05, 4.69) is 12.1 Å². The van der Waals surface area contributed by atoms with Crippen LogP contribution in [0.25, 0.3) is 6.08 Å². The predicted octanol–water partition coefficient (Wildman–Crippen LogP) is 1.08. The van der Waals surface area contributed by atoms with Crippen LogP contribution in [0.3, 0.4) is 0 Å². The molecule has 7 radical (unpaired) electrons. The normalized spacial score (nSPS) is 9.60. The maximum Gasteiger partial charge on any atom is 1.47 e. The van der Waals surface area contributed by atoms with Crippen molar-refractivity contribution in [3.8, 4) is 0 Å². The van der Waals surface area contributed by atoms with Crippen molar-refractivity contribution in [2.75, 3.05) is 7.11 Å². The van der Waals surface area contributed by atoms with Crippen LogP contribution in [-0.4, -0.2) is 39.7 Å². The molecule has 0 heterocycles. The first-order valence-electron chi connectivity index (χ1n) is 4.80. The molecular weight excluding hydrogens is 200 g/mol. The van der Waals surface area contributed by atoms with Gasteiger partial charge >= 0.3 is 25.4 Å². The average molecular weight is 216 g/mol. The summed E-state index contributed by atoms with van der Waals surface area (Å²) in [5.41, 5.74) is 1.08. The van der Waals surface area contributed by atoms with E-state index >= 15 is 0 Å². The van der Waals surface area contributed by atoms with Gasteiger partial charge in [0.25, 0.3) is 0 Å². The van der Waals surface area contributed by atoms with Crippen molar-refractivity contribution in [3.63, 3.8) is 0 Å². The molecule has 0 aromatic heterocycles. The monoisotopic (exact) mass is 215 g/mol. The lowest BCUT2D eigenvalue weighted by Crippen LogP contribution is -1.99. The molecule has 0 aliphatic heterocycles. The molecule has 0 fully saturated rings. The number of aliphatic hydroxyl groups excluding tert-OH is 1. The summed E-state index contributed by atoms with van der Waals surface area (Å²) in [4.78, 5) is 11.0. The topological polar surface area (TPSA) is 37.3 Å². The van der Waals surface area contributed by atoms with Crippen LogP contribution in [0.4, 0.5) is 0 Å². The van der Waals surface area contributed by atoms with Gasteiger partial charge in [0, 0.05) is 25.7 Å². The zero-order valence-electron chi connectivity index (χ0n) is 9.23. The molecule has 0 atom stereocenters. The fourth-order valence-corrected chi connectivity index (χ4v) is 1.17. The molecule has 1 aromatic carbocycles. The van der Waals surface area contributed by atoms with Crippen LogP contribution in [0, 0.1) is 0 Å². The fraction of sp³-hybridized carbons (Fsp3) is 0.250.